The zero-order chi connectivity index (χ0) is 22.7. The van der Waals surface area contributed by atoms with Gasteiger partial charge in [0.05, 0.1) is 12.7 Å². The van der Waals surface area contributed by atoms with Crippen LogP contribution >= 0.6 is 11.6 Å². The van der Waals surface area contributed by atoms with E-state index in [0.717, 1.165) is 6.08 Å². The zero-order valence-corrected chi connectivity index (χ0v) is 17.4. The summed E-state index contributed by atoms with van der Waals surface area (Å²) in [7, 11) is 0. The van der Waals surface area contributed by atoms with E-state index in [2.05, 4.69) is 15.0 Å². The summed E-state index contributed by atoms with van der Waals surface area (Å²) in [6.45, 7) is 3.30. The Morgan fingerprint density at radius 1 is 1.16 bits per heavy atom. The van der Waals surface area contributed by atoms with Crippen LogP contribution in [-0.2, 0) is 33.3 Å². The summed E-state index contributed by atoms with van der Waals surface area (Å²) in [5, 5.41) is -0.0353. The number of ether oxygens (including phenoxy) is 4. The number of esters is 3. The molecule has 0 amide bonds. The number of aromatic nitrogens is 4. The maximum Gasteiger partial charge on any atom is 0.303 e. The molecular formula is C18H18ClFN4O7. The van der Waals surface area contributed by atoms with Crippen molar-refractivity contribution in [3.63, 3.8) is 0 Å². The molecule has 3 heterocycles. The van der Waals surface area contributed by atoms with E-state index in [1.165, 1.54) is 31.7 Å². The molecule has 2 aromatic rings. The fraction of sp³-hybridized carbons (Fsp3) is 0.444. The van der Waals surface area contributed by atoms with Crippen LogP contribution in [0.2, 0.25) is 5.15 Å². The van der Waals surface area contributed by atoms with Gasteiger partial charge in [-0.3, -0.25) is 19.0 Å². The molecule has 0 bridgehead atoms. The molecule has 0 unspecified atom stereocenters. The number of imidazole rings is 1. The summed E-state index contributed by atoms with van der Waals surface area (Å²) in [6, 6.07) is 0. The Morgan fingerprint density at radius 3 is 2.45 bits per heavy atom. The molecule has 13 heteroatoms. The standard InChI is InChI=1S/C18H18ClFN4O7/c1-8(25)28-6-11-14(29-9(2)26)15(30-10(3)27)18(31-11)24-7-21-13-16(19)22-12(4-5-20)23-17(13)24/h4-5,7,11,14-15,18H,6H2,1-3H3/b5-4-/t11-,14-,15-,18-/m1/s1. The number of carbonyl (C=O) groups is 3. The summed E-state index contributed by atoms with van der Waals surface area (Å²) in [6.07, 6.45) is -1.70. The molecule has 1 saturated heterocycles. The van der Waals surface area contributed by atoms with E-state index in [0.29, 0.717) is 0 Å². The van der Waals surface area contributed by atoms with E-state index in [-0.39, 0.29) is 35.1 Å². The third kappa shape index (κ3) is 4.97. The molecule has 0 N–H and O–H groups in total. The van der Waals surface area contributed by atoms with Crippen molar-refractivity contribution in [1.29, 1.82) is 0 Å². The molecule has 11 nitrogen and oxygen atoms in total. The first-order valence-corrected chi connectivity index (χ1v) is 9.39. The number of carbonyl (C=O) groups excluding carboxylic acids is 3. The molecule has 4 atom stereocenters. The molecule has 0 saturated carbocycles. The molecule has 0 aliphatic carbocycles. The van der Waals surface area contributed by atoms with Gasteiger partial charge < -0.3 is 18.9 Å². The molecule has 166 valence electrons. The van der Waals surface area contributed by atoms with Crippen molar-refractivity contribution >= 4 is 46.7 Å². The monoisotopic (exact) mass is 456 g/mol. The highest BCUT2D eigenvalue weighted by atomic mass is 35.5. The Morgan fingerprint density at radius 2 is 1.84 bits per heavy atom. The molecule has 0 aromatic carbocycles. The van der Waals surface area contributed by atoms with Crippen LogP contribution in [0.15, 0.2) is 12.7 Å². The Labute approximate surface area is 180 Å². The minimum atomic E-state index is -1.13. The van der Waals surface area contributed by atoms with Gasteiger partial charge in [-0.05, 0) is 0 Å². The fourth-order valence-electron chi connectivity index (χ4n) is 3.13. The van der Waals surface area contributed by atoms with Crippen molar-refractivity contribution in [2.75, 3.05) is 6.61 Å². The van der Waals surface area contributed by atoms with Crippen LogP contribution in [0, 0.1) is 0 Å². The molecule has 31 heavy (non-hydrogen) atoms. The molecule has 1 aliphatic heterocycles. The highest BCUT2D eigenvalue weighted by molar-refractivity contribution is 6.33. The average Bonchev–Trinajstić information content (AvgIpc) is 3.22. The van der Waals surface area contributed by atoms with Crippen LogP contribution in [0.3, 0.4) is 0 Å². The summed E-state index contributed by atoms with van der Waals surface area (Å²) in [5.74, 6) is -1.93. The molecule has 0 radical (unpaired) electrons. The molecule has 2 aromatic heterocycles. The Kier molecular flexibility index (Phi) is 6.81. The summed E-state index contributed by atoms with van der Waals surface area (Å²) in [5.41, 5.74) is 0.347. The van der Waals surface area contributed by atoms with Crippen molar-refractivity contribution in [3.8, 4) is 0 Å². The normalized spacial score (nSPS) is 23.3. The maximum atomic E-state index is 12.6. The number of rotatable bonds is 6. The van der Waals surface area contributed by atoms with E-state index < -0.39 is 42.4 Å². The zero-order valence-electron chi connectivity index (χ0n) is 16.7. The summed E-state index contributed by atoms with van der Waals surface area (Å²) >= 11 is 6.11. The van der Waals surface area contributed by atoms with E-state index >= 15 is 0 Å². The second kappa shape index (κ2) is 9.35. The van der Waals surface area contributed by atoms with Gasteiger partial charge in [-0.1, -0.05) is 11.6 Å². The van der Waals surface area contributed by atoms with Crippen LogP contribution in [0.4, 0.5) is 4.39 Å². The number of hydrogen-bond donors (Lipinski definition) is 0. The quantitative estimate of drug-likeness (QED) is 0.359. The van der Waals surface area contributed by atoms with Crippen LogP contribution in [0.25, 0.3) is 17.2 Å². The second-order valence-electron chi connectivity index (χ2n) is 6.51. The van der Waals surface area contributed by atoms with E-state index in [1.54, 1.807) is 0 Å². The smallest absolute Gasteiger partial charge is 0.303 e. The van der Waals surface area contributed by atoms with Gasteiger partial charge in [-0.25, -0.2) is 19.3 Å². The number of nitrogens with zero attached hydrogens (tertiary/aromatic N) is 4. The maximum absolute atomic E-state index is 12.6. The predicted molar refractivity (Wildman–Crippen MR) is 102 cm³/mol. The third-order valence-corrected chi connectivity index (χ3v) is 4.49. The fourth-order valence-corrected chi connectivity index (χ4v) is 3.35. The largest absolute Gasteiger partial charge is 0.463 e. The lowest BCUT2D eigenvalue weighted by atomic mass is 10.1. The first-order chi connectivity index (χ1) is 14.7. The van der Waals surface area contributed by atoms with Gasteiger partial charge in [0, 0.05) is 26.8 Å². The second-order valence-corrected chi connectivity index (χ2v) is 6.86. The van der Waals surface area contributed by atoms with Crippen LogP contribution in [0.1, 0.15) is 32.8 Å². The van der Waals surface area contributed by atoms with Crippen LogP contribution < -0.4 is 0 Å². The Hall–Kier alpha value is -3.12. The number of hydrogen-bond acceptors (Lipinski definition) is 10. The topological polar surface area (TPSA) is 132 Å². The van der Waals surface area contributed by atoms with E-state index in [9.17, 15) is 18.8 Å². The first kappa shape index (κ1) is 22.6. The van der Waals surface area contributed by atoms with Gasteiger partial charge in [0.25, 0.3) is 0 Å². The lowest BCUT2D eigenvalue weighted by Gasteiger charge is -2.23. The van der Waals surface area contributed by atoms with Crippen LogP contribution in [0.5, 0.6) is 0 Å². The van der Waals surface area contributed by atoms with Crippen molar-refractivity contribution in [2.45, 2.75) is 45.3 Å². The van der Waals surface area contributed by atoms with Crippen molar-refractivity contribution in [3.05, 3.63) is 23.6 Å². The van der Waals surface area contributed by atoms with Gasteiger partial charge in [-0.15, -0.1) is 0 Å². The van der Waals surface area contributed by atoms with Gasteiger partial charge in [0.1, 0.15) is 18.2 Å². The van der Waals surface area contributed by atoms with Crippen molar-refractivity contribution < 1.29 is 37.7 Å². The van der Waals surface area contributed by atoms with E-state index in [4.69, 9.17) is 30.5 Å². The summed E-state index contributed by atoms with van der Waals surface area (Å²) in [4.78, 5) is 46.9. The number of halogens is 2. The molecular weight excluding hydrogens is 439 g/mol. The third-order valence-electron chi connectivity index (χ3n) is 4.22. The molecule has 1 aliphatic rings. The van der Waals surface area contributed by atoms with Crippen LogP contribution in [-0.4, -0.2) is 62.3 Å². The van der Waals surface area contributed by atoms with Gasteiger partial charge in [-0.2, -0.15) is 0 Å². The molecule has 0 spiro atoms. The summed E-state index contributed by atoms with van der Waals surface area (Å²) < 4.78 is 35.6. The lowest BCUT2D eigenvalue weighted by molar-refractivity contribution is -0.166. The van der Waals surface area contributed by atoms with Crippen molar-refractivity contribution in [2.24, 2.45) is 0 Å². The average molecular weight is 457 g/mol. The number of fused-ring (bicyclic) bond motifs is 1. The lowest BCUT2D eigenvalue weighted by Crippen LogP contribution is -2.40. The van der Waals surface area contributed by atoms with E-state index in [1.807, 2.05) is 0 Å². The van der Waals surface area contributed by atoms with Gasteiger partial charge >= 0.3 is 17.9 Å². The predicted octanol–water partition coefficient (Wildman–Crippen LogP) is 1.74. The highest BCUT2D eigenvalue weighted by Crippen LogP contribution is 2.36. The molecule has 1 fully saturated rings. The SMILES string of the molecule is CC(=O)OC[C@H]1O[C@@H](n2cnc3c(Cl)nc(/C=C\F)nc32)[C@H](OC(C)=O)[C@@H]1OC(C)=O. The van der Waals surface area contributed by atoms with Gasteiger partial charge in [0.15, 0.2) is 35.1 Å². The Balaban J connectivity index is 2.07. The first-order valence-electron chi connectivity index (χ1n) is 9.01. The van der Waals surface area contributed by atoms with Gasteiger partial charge in [0.2, 0.25) is 0 Å². The minimum absolute atomic E-state index is 0.0308. The van der Waals surface area contributed by atoms with Crippen molar-refractivity contribution in [1.82, 2.24) is 19.5 Å². The molecule has 3 rings (SSSR count). The minimum Gasteiger partial charge on any atom is -0.463 e. The Bertz CT molecular complexity index is 1040. The highest BCUT2D eigenvalue weighted by Gasteiger charge is 2.51.